The number of carbonyl (C=O) groups is 1. The number of hydrogen-bond donors (Lipinski definition) is 4. The van der Waals surface area contributed by atoms with Gasteiger partial charge in [0, 0.05) is 23.8 Å². The first-order valence-corrected chi connectivity index (χ1v) is 10.6. The van der Waals surface area contributed by atoms with E-state index in [0.717, 1.165) is 33.9 Å². The maximum Gasteiger partial charge on any atom is 0.215 e. The average Bonchev–Trinajstić information content (AvgIpc) is 3.18. The molecule has 4 N–H and O–H groups in total. The molecule has 2 atom stereocenters. The van der Waals surface area contributed by atoms with Gasteiger partial charge in [-0.2, -0.15) is 0 Å². The molecule has 2 aliphatic rings. The Morgan fingerprint density at radius 3 is 2.60 bits per heavy atom. The van der Waals surface area contributed by atoms with Gasteiger partial charge in [-0.3, -0.25) is 4.79 Å². The molecule has 1 heterocycles. The van der Waals surface area contributed by atoms with Gasteiger partial charge < -0.3 is 21.1 Å². The number of aliphatic hydroxyl groups excluding tert-OH is 1. The molecule has 2 aromatic carbocycles. The van der Waals surface area contributed by atoms with Gasteiger partial charge in [0.2, 0.25) is 5.78 Å². The number of carbonyl (C=O) groups excluding carboxylic acids is 1. The Morgan fingerprint density at radius 2 is 1.90 bits per heavy atom. The molecule has 0 radical (unpaired) electrons. The number of hydrogen-bond acceptors (Lipinski definition) is 5. The van der Waals surface area contributed by atoms with E-state index in [-0.39, 0.29) is 17.2 Å². The topological polar surface area (TPSA) is 73.4 Å². The van der Waals surface area contributed by atoms with E-state index in [1.165, 1.54) is 5.56 Å². The Bertz CT molecular complexity index is 1040. The number of aryl methyl sites for hydroxylation is 1. The molecule has 6 heteroatoms. The summed E-state index contributed by atoms with van der Waals surface area (Å²) in [6.45, 7) is 9.89. The van der Waals surface area contributed by atoms with Gasteiger partial charge >= 0.3 is 0 Å². The van der Waals surface area contributed by atoms with Crippen molar-refractivity contribution in [3.8, 4) is 0 Å². The molecule has 0 bridgehead atoms. The lowest BCUT2D eigenvalue weighted by atomic mass is 9.80. The Morgan fingerprint density at radius 1 is 1.17 bits per heavy atom. The van der Waals surface area contributed by atoms with Gasteiger partial charge in [0.25, 0.3) is 0 Å². The molecule has 158 valence electrons. The van der Waals surface area contributed by atoms with Crippen molar-refractivity contribution in [2.24, 2.45) is 5.41 Å². The predicted octanol–water partition coefficient (Wildman–Crippen LogP) is 4.20. The second-order valence-electron chi connectivity index (χ2n) is 9.19. The molecule has 1 aliphatic heterocycles. The highest BCUT2D eigenvalue weighted by molar-refractivity contribution is 6.31. The first-order chi connectivity index (χ1) is 14.2. The maximum absolute atomic E-state index is 12.6. The van der Waals surface area contributed by atoms with E-state index in [9.17, 15) is 9.90 Å². The highest BCUT2D eigenvalue weighted by atomic mass is 35.5. The zero-order chi connectivity index (χ0) is 21.6. The molecular weight excluding hydrogens is 398 g/mol. The zero-order valence-corrected chi connectivity index (χ0v) is 18.5. The standard InChI is InChI=1S/C24H28ClN3O2/c1-13-6-5-7-14(10-13)23(24(2,3)4)28-20-19(21(29)22(20)30)27-18-9-8-17(25)15-11-26-12-16(15)18/h5-10,21,23,26-29H,11-12H2,1-4H3/t21?,23-/m0/s1. The summed E-state index contributed by atoms with van der Waals surface area (Å²) in [5.74, 6) is -0.289. The van der Waals surface area contributed by atoms with Crippen molar-refractivity contribution in [3.05, 3.63) is 75.1 Å². The Hall–Kier alpha value is -2.34. The lowest BCUT2D eigenvalue weighted by Gasteiger charge is -2.38. The number of halogens is 1. The fourth-order valence-electron chi connectivity index (χ4n) is 4.17. The maximum atomic E-state index is 12.6. The SMILES string of the molecule is Cc1cccc([C@H](NC2=C(Nc3ccc(Cl)c4c3CNC4)C(O)C2=O)C(C)(C)C)c1. The van der Waals surface area contributed by atoms with Gasteiger partial charge in [-0.15, -0.1) is 0 Å². The van der Waals surface area contributed by atoms with Crippen molar-refractivity contribution in [1.29, 1.82) is 0 Å². The summed E-state index contributed by atoms with van der Waals surface area (Å²) in [4.78, 5) is 12.6. The summed E-state index contributed by atoms with van der Waals surface area (Å²) < 4.78 is 0. The smallest absolute Gasteiger partial charge is 0.215 e. The summed E-state index contributed by atoms with van der Waals surface area (Å²) in [6, 6.07) is 12.0. The summed E-state index contributed by atoms with van der Waals surface area (Å²) in [7, 11) is 0. The molecule has 0 aromatic heterocycles. The molecule has 2 aromatic rings. The molecule has 0 spiro atoms. The van der Waals surface area contributed by atoms with Crippen LogP contribution in [0.15, 0.2) is 47.8 Å². The lowest BCUT2D eigenvalue weighted by molar-refractivity contribution is -0.125. The number of fused-ring (bicyclic) bond motifs is 1. The normalized spacial score (nSPS) is 19.4. The minimum absolute atomic E-state index is 0.0850. The van der Waals surface area contributed by atoms with Crippen LogP contribution in [0.2, 0.25) is 5.02 Å². The highest BCUT2D eigenvalue weighted by Crippen LogP contribution is 2.38. The van der Waals surface area contributed by atoms with Crippen LogP contribution in [0.4, 0.5) is 5.69 Å². The third-order valence-electron chi connectivity index (χ3n) is 5.81. The van der Waals surface area contributed by atoms with Crippen LogP contribution in [0.5, 0.6) is 0 Å². The van der Waals surface area contributed by atoms with Gasteiger partial charge in [0.1, 0.15) is 5.70 Å². The Kier molecular flexibility index (Phi) is 5.39. The minimum atomic E-state index is -1.15. The van der Waals surface area contributed by atoms with Crippen LogP contribution in [0.25, 0.3) is 0 Å². The van der Waals surface area contributed by atoms with E-state index in [2.05, 4.69) is 61.8 Å². The summed E-state index contributed by atoms with van der Waals surface area (Å²) in [5.41, 5.74) is 6.09. The zero-order valence-electron chi connectivity index (χ0n) is 17.8. The second-order valence-corrected chi connectivity index (χ2v) is 9.60. The van der Waals surface area contributed by atoms with Crippen molar-refractivity contribution >= 4 is 23.1 Å². The van der Waals surface area contributed by atoms with Crippen LogP contribution in [-0.2, 0) is 17.9 Å². The quantitative estimate of drug-likeness (QED) is 0.578. The number of nitrogens with one attached hydrogen (secondary N) is 3. The van der Waals surface area contributed by atoms with Gasteiger partial charge in [0.15, 0.2) is 6.10 Å². The van der Waals surface area contributed by atoms with Crippen molar-refractivity contribution in [3.63, 3.8) is 0 Å². The molecule has 4 rings (SSSR count). The van der Waals surface area contributed by atoms with Gasteiger partial charge in [-0.1, -0.05) is 62.2 Å². The third-order valence-corrected chi connectivity index (χ3v) is 6.17. The number of anilines is 1. The van der Waals surface area contributed by atoms with E-state index in [1.54, 1.807) is 0 Å². The van der Waals surface area contributed by atoms with Crippen molar-refractivity contribution in [2.45, 2.75) is 52.9 Å². The predicted molar refractivity (Wildman–Crippen MR) is 120 cm³/mol. The summed E-state index contributed by atoms with van der Waals surface area (Å²) >= 11 is 6.31. The Balaban J connectivity index is 1.68. The van der Waals surface area contributed by atoms with Gasteiger partial charge in [-0.25, -0.2) is 0 Å². The molecule has 1 unspecified atom stereocenters. The number of aliphatic hydroxyl groups is 1. The molecule has 30 heavy (non-hydrogen) atoms. The number of rotatable bonds is 5. The first kappa shape index (κ1) is 20.9. The van der Waals surface area contributed by atoms with Crippen LogP contribution >= 0.6 is 11.6 Å². The molecule has 1 aliphatic carbocycles. The Labute approximate surface area is 182 Å². The van der Waals surface area contributed by atoms with Crippen LogP contribution in [0, 0.1) is 12.3 Å². The summed E-state index contributed by atoms with van der Waals surface area (Å²) in [5, 5.41) is 21.2. The average molecular weight is 426 g/mol. The van der Waals surface area contributed by atoms with Crippen LogP contribution in [0.1, 0.15) is 49.1 Å². The van der Waals surface area contributed by atoms with E-state index in [1.807, 2.05) is 18.2 Å². The molecule has 0 saturated heterocycles. The van der Waals surface area contributed by atoms with Crippen LogP contribution in [0.3, 0.4) is 0 Å². The van der Waals surface area contributed by atoms with E-state index in [0.29, 0.717) is 17.9 Å². The van der Waals surface area contributed by atoms with Crippen molar-refractivity contribution in [1.82, 2.24) is 10.6 Å². The number of benzene rings is 2. The minimum Gasteiger partial charge on any atom is -0.378 e. The fourth-order valence-corrected chi connectivity index (χ4v) is 4.41. The van der Waals surface area contributed by atoms with Crippen molar-refractivity contribution < 1.29 is 9.90 Å². The van der Waals surface area contributed by atoms with Crippen molar-refractivity contribution in [2.75, 3.05) is 5.32 Å². The number of Topliss-reactive ketones (excluding diaryl/α,β-unsaturated/α-hetero) is 1. The highest BCUT2D eigenvalue weighted by Gasteiger charge is 2.41. The first-order valence-electron chi connectivity index (χ1n) is 10.2. The lowest BCUT2D eigenvalue weighted by Crippen LogP contribution is -2.48. The fraction of sp³-hybridized carbons (Fsp3) is 0.375. The van der Waals surface area contributed by atoms with Crippen LogP contribution in [-0.4, -0.2) is 17.0 Å². The molecule has 5 nitrogen and oxygen atoms in total. The molecular formula is C24H28ClN3O2. The largest absolute Gasteiger partial charge is 0.378 e. The third kappa shape index (κ3) is 3.73. The molecule has 0 saturated carbocycles. The van der Waals surface area contributed by atoms with Gasteiger partial charge in [-0.05, 0) is 41.2 Å². The van der Waals surface area contributed by atoms with Gasteiger partial charge in [0.05, 0.1) is 11.7 Å². The van der Waals surface area contributed by atoms with E-state index in [4.69, 9.17) is 11.6 Å². The molecule has 0 amide bonds. The summed E-state index contributed by atoms with van der Waals surface area (Å²) in [6.07, 6.45) is -1.15. The van der Waals surface area contributed by atoms with E-state index < -0.39 is 6.10 Å². The van der Waals surface area contributed by atoms with E-state index >= 15 is 0 Å². The van der Waals surface area contributed by atoms with Crippen LogP contribution < -0.4 is 16.0 Å². The molecule has 0 fully saturated rings. The second kappa shape index (κ2) is 7.73. The number of ketones is 1. The monoisotopic (exact) mass is 425 g/mol.